The number of carbonyl (C=O) groups is 2. The summed E-state index contributed by atoms with van der Waals surface area (Å²) in [7, 11) is 0. The van der Waals surface area contributed by atoms with E-state index in [4.69, 9.17) is 5.26 Å². The summed E-state index contributed by atoms with van der Waals surface area (Å²) in [5, 5.41) is 10.5. The zero-order chi connectivity index (χ0) is 33.3. The molecule has 2 aromatic carbocycles. The van der Waals surface area contributed by atoms with Crippen molar-refractivity contribution in [3.63, 3.8) is 0 Å². The number of hydrogen-bond donors (Lipinski definition) is 1. The van der Waals surface area contributed by atoms with Gasteiger partial charge in [-0.25, -0.2) is 8.78 Å². The fourth-order valence-corrected chi connectivity index (χ4v) is 4.43. The third-order valence-corrected chi connectivity index (χ3v) is 6.57. The Kier molecular flexibility index (Phi) is 9.63. The van der Waals surface area contributed by atoms with Crippen molar-refractivity contribution in [2.24, 2.45) is 0 Å². The van der Waals surface area contributed by atoms with Crippen LogP contribution < -0.4 is 10.2 Å². The summed E-state index contributed by atoms with van der Waals surface area (Å²) < 4.78 is 150. The lowest BCUT2D eigenvalue weighted by Crippen LogP contribution is -2.50. The molecule has 1 heterocycles. The first-order valence-corrected chi connectivity index (χ1v) is 12.5. The van der Waals surface area contributed by atoms with Gasteiger partial charge in [-0.3, -0.25) is 14.6 Å². The van der Waals surface area contributed by atoms with Crippen LogP contribution in [0.5, 0.6) is 0 Å². The van der Waals surface area contributed by atoms with Crippen molar-refractivity contribution in [3.8, 4) is 6.07 Å². The van der Waals surface area contributed by atoms with E-state index in [1.54, 1.807) is 11.4 Å². The predicted octanol–water partition coefficient (Wildman–Crippen LogP) is 8.10. The van der Waals surface area contributed by atoms with E-state index in [1.807, 2.05) is 0 Å². The van der Waals surface area contributed by atoms with E-state index in [-0.39, 0.29) is 18.1 Å². The average molecular weight is 703 g/mol. The molecule has 0 saturated heterocycles. The molecule has 1 aromatic heterocycles. The van der Waals surface area contributed by atoms with Gasteiger partial charge in [-0.2, -0.15) is 44.8 Å². The molecule has 234 valence electrons. The van der Waals surface area contributed by atoms with E-state index in [0.29, 0.717) is 0 Å². The minimum absolute atomic E-state index is 0.0207. The summed E-state index contributed by atoms with van der Waals surface area (Å²) in [5.41, 5.74) is -14.2. The van der Waals surface area contributed by atoms with Crippen LogP contribution >= 0.6 is 15.9 Å². The summed E-state index contributed by atoms with van der Waals surface area (Å²) in [4.78, 5) is 30.5. The second kappa shape index (κ2) is 12.4. The molecule has 2 amide bonds. The number of alkyl halides is 10. The third-order valence-electron chi connectivity index (χ3n) is 5.95. The smallest absolute Gasteiger partial charge is 0.320 e. The van der Waals surface area contributed by atoms with Crippen molar-refractivity contribution >= 4 is 39.1 Å². The molecule has 0 saturated carbocycles. The molecule has 18 heteroatoms. The fraction of sp³-hybridized carbons (Fsp3) is 0.231. The largest absolute Gasteiger partial charge is 0.435 e. The van der Waals surface area contributed by atoms with Gasteiger partial charge >= 0.3 is 24.2 Å². The van der Waals surface area contributed by atoms with Crippen molar-refractivity contribution < 1.29 is 57.9 Å². The zero-order valence-electron chi connectivity index (χ0n) is 21.3. The van der Waals surface area contributed by atoms with E-state index >= 15 is 4.39 Å². The van der Waals surface area contributed by atoms with Gasteiger partial charge in [0.15, 0.2) is 5.82 Å². The van der Waals surface area contributed by atoms with Crippen LogP contribution in [0.1, 0.15) is 38.3 Å². The van der Waals surface area contributed by atoms with E-state index in [0.717, 1.165) is 23.1 Å². The normalized spacial score (nSPS) is 12.4. The van der Waals surface area contributed by atoms with Crippen molar-refractivity contribution in [3.05, 3.63) is 87.4 Å². The molecule has 3 rings (SSSR count). The molecule has 0 aliphatic heterocycles. The summed E-state index contributed by atoms with van der Waals surface area (Å²) in [6.45, 7) is -0.408. The predicted molar refractivity (Wildman–Crippen MR) is 135 cm³/mol. The first kappa shape index (κ1) is 34.2. The summed E-state index contributed by atoms with van der Waals surface area (Å²) in [6.07, 6.45) is -17.1. The first-order chi connectivity index (χ1) is 20.3. The molecule has 0 aliphatic carbocycles. The Labute approximate surface area is 248 Å². The quantitative estimate of drug-likeness (QED) is 0.252. The number of nitrogens with one attached hydrogen (secondary N) is 1. The average Bonchev–Trinajstić information content (AvgIpc) is 2.92. The summed E-state index contributed by atoms with van der Waals surface area (Å²) >= 11 is 2.35. The molecule has 0 aliphatic rings. The number of nitriles is 1. The number of halogens is 12. The van der Waals surface area contributed by atoms with Crippen LogP contribution in [0.25, 0.3) is 0 Å². The molecular formula is C26H14BrF11N4O2. The summed E-state index contributed by atoms with van der Waals surface area (Å²) in [6, 6.07) is 5.98. The van der Waals surface area contributed by atoms with Gasteiger partial charge in [0.05, 0.1) is 35.0 Å². The monoisotopic (exact) mass is 702 g/mol. The molecule has 1 N–H and O–H groups in total. The van der Waals surface area contributed by atoms with Crippen molar-refractivity contribution in [2.45, 2.75) is 30.6 Å². The van der Waals surface area contributed by atoms with Crippen molar-refractivity contribution in [2.75, 3.05) is 16.8 Å². The first-order valence-electron chi connectivity index (χ1n) is 11.7. The molecule has 0 bridgehead atoms. The standard InChI is InChI=1S/C26H14BrF11N4O2/c27-17-12-14(23(29,25(33,34)35)26(36,37)38)11-16(24(30,31)32)20(17)41-21(43)15-3-1-4-18(19(15)28)42(10-2-7-39)22(44)13-5-8-40-9-6-13/h1,3-6,8-9,11-12H,2,10H2,(H,41,43). The number of anilines is 2. The Morgan fingerprint density at radius 3 is 2.05 bits per heavy atom. The van der Waals surface area contributed by atoms with E-state index in [9.17, 15) is 53.5 Å². The van der Waals surface area contributed by atoms with Crippen LogP contribution in [0.3, 0.4) is 0 Å². The number of aromatic nitrogens is 1. The number of nitrogens with zero attached hydrogens (tertiary/aromatic N) is 3. The zero-order valence-corrected chi connectivity index (χ0v) is 22.9. The minimum atomic E-state index is -6.74. The highest BCUT2D eigenvalue weighted by Gasteiger charge is 2.73. The van der Waals surface area contributed by atoms with Gasteiger partial charge < -0.3 is 10.2 Å². The molecule has 0 spiro atoms. The number of amides is 2. The van der Waals surface area contributed by atoms with Gasteiger partial charge in [0.1, 0.15) is 0 Å². The number of pyridine rings is 1. The fourth-order valence-electron chi connectivity index (χ4n) is 3.87. The summed E-state index contributed by atoms with van der Waals surface area (Å²) in [5.74, 6) is -4.03. The topological polar surface area (TPSA) is 86.1 Å². The number of hydrogen-bond acceptors (Lipinski definition) is 4. The van der Waals surface area contributed by atoms with Crippen LogP contribution in [0, 0.1) is 17.1 Å². The highest BCUT2D eigenvalue weighted by Crippen LogP contribution is 2.55. The Morgan fingerprint density at radius 2 is 1.52 bits per heavy atom. The molecule has 3 aromatic rings. The SMILES string of the molecule is N#CCCN(C(=O)c1ccncc1)c1cccc(C(=O)Nc2c(Br)cc(C(F)(C(F)(F)F)C(F)(F)F)cc2C(F)(F)F)c1F. The van der Waals surface area contributed by atoms with Gasteiger partial charge in [-0.15, -0.1) is 0 Å². The second-order valence-corrected chi connectivity index (χ2v) is 9.58. The van der Waals surface area contributed by atoms with E-state index in [1.165, 1.54) is 24.5 Å². The van der Waals surface area contributed by atoms with Crippen LogP contribution in [-0.2, 0) is 11.8 Å². The number of rotatable bonds is 7. The molecule has 6 nitrogen and oxygen atoms in total. The lowest BCUT2D eigenvalue weighted by atomic mass is 9.92. The Morgan fingerprint density at radius 1 is 0.932 bits per heavy atom. The van der Waals surface area contributed by atoms with Gasteiger partial charge in [0.25, 0.3) is 11.8 Å². The second-order valence-electron chi connectivity index (χ2n) is 8.73. The van der Waals surface area contributed by atoms with Crippen LogP contribution in [0.4, 0.5) is 59.7 Å². The number of carbonyl (C=O) groups excluding carboxylic acids is 2. The van der Waals surface area contributed by atoms with Gasteiger partial charge in [-0.1, -0.05) is 6.07 Å². The third kappa shape index (κ3) is 6.61. The maximum atomic E-state index is 15.6. The highest BCUT2D eigenvalue weighted by atomic mass is 79.9. The van der Waals surface area contributed by atoms with Gasteiger partial charge in [0, 0.05) is 34.5 Å². The molecule has 0 fully saturated rings. The van der Waals surface area contributed by atoms with Gasteiger partial charge in [-0.05, 0) is 52.3 Å². The lowest BCUT2D eigenvalue weighted by Gasteiger charge is -2.31. The van der Waals surface area contributed by atoms with E-state index in [2.05, 4.69) is 20.9 Å². The molecule has 0 radical (unpaired) electrons. The molecular weight excluding hydrogens is 689 g/mol. The Balaban J connectivity index is 2.12. The molecule has 44 heavy (non-hydrogen) atoms. The maximum absolute atomic E-state index is 15.6. The Bertz CT molecular complexity index is 1590. The molecule has 0 atom stereocenters. The van der Waals surface area contributed by atoms with Crippen LogP contribution in [-0.4, -0.2) is 35.7 Å². The highest BCUT2D eigenvalue weighted by molar-refractivity contribution is 9.10. The minimum Gasteiger partial charge on any atom is -0.320 e. The van der Waals surface area contributed by atoms with Crippen LogP contribution in [0.15, 0.2) is 59.3 Å². The van der Waals surface area contributed by atoms with Crippen molar-refractivity contribution in [1.82, 2.24) is 4.98 Å². The van der Waals surface area contributed by atoms with Crippen molar-refractivity contribution in [1.29, 1.82) is 5.26 Å². The van der Waals surface area contributed by atoms with Gasteiger partial charge in [0.2, 0.25) is 0 Å². The number of benzene rings is 2. The Hall–Kier alpha value is -4.27. The lowest BCUT2D eigenvalue weighted by molar-refractivity contribution is -0.348. The maximum Gasteiger partial charge on any atom is 0.435 e. The molecule has 0 unspecified atom stereocenters. The van der Waals surface area contributed by atoms with E-state index < -0.39 is 87.0 Å². The van der Waals surface area contributed by atoms with Crippen LogP contribution in [0.2, 0.25) is 0 Å².